The third-order valence-electron chi connectivity index (χ3n) is 3.49. The normalized spacial score (nSPS) is 11.0. The van der Waals surface area contributed by atoms with E-state index in [-0.39, 0.29) is 0 Å². The Hall–Kier alpha value is -1.41. The van der Waals surface area contributed by atoms with Gasteiger partial charge in [0.05, 0.1) is 5.52 Å². The molecule has 2 aromatic rings. The van der Waals surface area contributed by atoms with Crippen LogP contribution in [0.5, 0.6) is 0 Å². The number of rotatable bonds is 8. The zero-order chi connectivity index (χ0) is 13.3. The topological polar surface area (TPSA) is 24.9 Å². The summed E-state index contributed by atoms with van der Waals surface area (Å²) in [5.74, 6) is 0. The molecule has 0 amide bonds. The van der Waals surface area contributed by atoms with Crippen molar-refractivity contribution in [2.45, 2.75) is 39.0 Å². The lowest BCUT2D eigenvalue weighted by Gasteiger charge is -2.07. The molecular formula is C17H24N2. The fourth-order valence-corrected chi connectivity index (χ4v) is 2.39. The van der Waals surface area contributed by atoms with Crippen molar-refractivity contribution < 1.29 is 0 Å². The van der Waals surface area contributed by atoms with E-state index < -0.39 is 0 Å². The molecule has 0 aliphatic carbocycles. The van der Waals surface area contributed by atoms with Crippen molar-refractivity contribution in [2.75, 3.05) is 13.1 Å². The molecule has 2 rings (SSSR count). The first-order chi connectivity index (χ1) is 9.42. The van der Waals surface area contributed by atoms with Crippen LogP contribution in [0.3, 0.4) is 0 Å². The van der Waals surface area contributed by atoms with E-state index in [0.29, 0.717) is 0 Å². The number of para-hydroxylation sites is 1. The Morgan fingerprint density at radius 2 is 1.89 bits per heavy atom. The van der Waals surface area contributed by atoms with Crippen LogP contribution in [0.15, 0.2) is 36.5 Å². The fourth-order valence-electron chi connectivity index (χ4n) is 2.39. The third kappa shape index (κ3) is 4.32. The van der Waals surface area contributed by atoms with Gasteiger partial charge in [-0.2, -0.15) is 0 Å². The maximum Gasteiger partial charge on any atom is 0.0734 e. The SMILES string of the molecule is CCCCCCNCCc1cccc2cccnc12. The molecule has 0 unspecified atom stereocenters. The Kier molecular flexibility index (Phi) is 5.83. The van der Waals surface area contributed by atoms with E-state index in [1.807, 2.05) is 12.3 Å². The second kappa shape index (κ2) is 7.90. The smallest absolute Gasteiger partial charge is 0.0734 e. The molecule has 0 saturated carbocycles. The number of nitrogens with one attached hydrogen (secondary N) is 1. The highest BCUT2D eigenvalue weighted by atomic mass is 14.8. The highest BCUT2D eigenvalue weighted by Gasteiger charge is 2.00. The molecular weight excluding hydrogens is 232 g/mol. The minimum absolute atomic E-state index is 1.04. The highest BCUT2D eigenvalue weighted by Crippen LogP contribution is 2.15. The lowest BCUT2D eigenvalue weighted by atomic mass is 10.1. The van der Waals surface area contributed by atoms with Crippen molar-refractivity contribution in [3.05, 3.63) is 42.1 Å². The number of hydrogen-bond acceptors (Lipinski definition) is 2. The van der Waals surface area contributed by atoms with Crippen LogP contribution in [-0.4, -0.2) is 18.1 Å². The van der Waals surface area contributed by atoms with Crippen LogP contribution in [0.2, 0.25) is 0 Å². The monoisotopic (exact) mass is 256 g/mol. The van der Waals surface area contributed by atoms with Crippen molar-refractivity contribution in [1.82, 2.24) is 10.3 Å². The fraction of sp³-hybridized carbons (Fsp3) is 0.471. The highest BCUT2D eigenvalue weighted by molar-refractivity contribution is 5.81. The van der Waals surface area contributed by atoms with Crippen LogP contribution < -0.4 is 5.32 Å². The van der Waals surface area contributed by atoms with Crippen LogP contribution in [0.1, 0.15) is 38.2 Å². The molecule has 0 saturated heterocycles. The van der Waals surface area contributed by atoms with E-state index in [9.17, 15) is 0 Å². The minimum Gasteiger partial charge on any atom is -0.316 e. The molecule has 1 aromatic carbocycles. The van der Waals surface area contributed by atoms with Crippen molar-refractivity contribution in [3.63, 3.8) is 0 Å². The molecule has 1 heterocycles. The number of fused-ring (bicyclic) bond motifs is 1. The molecule has 1 N–H and O–H groups in total. The van der Waals surface area contributed by atoms with Crippen LogP contribution >= 0.6 is 0 Å². The second-order valence-electron chi connectivity index (χ2n) is 5.05. The predicted molar refractivity (Wildman–Crippen MR) is 82.5 cm³/mol. The van der Waals surface area contributed by atoms with Crippen LogP contribution in [0, 0.1) is 0 Å². The van der Waals surface area contributed by atoms with E-state index in [1.54, 1.807) is 0 Å². The zero-order valence-corrected chi connectivity index (χ0v) is 11.9. The summed E-state index contributed by atoms with van der Waals surface area (Å²) in [5, 5.41) is 4.77. The van der Waals surface area contributed by atoms with E-state index in [4.69, 9.17) is 0 Å². The van der Waals surface area contributed by atoms with Crippen molar-refractivity contribution in [1.29, 1.82) is 0 Å². The van der Waals surface area contributed by atoms with Crippen LogP contribution in [-0.2, 0) is 6.42 Å². The summed E-state index contributed by atoms with van der Waals surface area (Å²) in [6.45, 7) is 4.43. The Bertz CT molecular complexity index is 488. The summed E-state index contributed by atoms with van der Waals surface area (Å²) in [7, 11) is 0. The van der Waals surface area contributed by atoms with E-state index in [1.165, 1.54) is 36.6 Å². The molecule has 0 aliphatic rings. The lowest BCUT2D eigenvalue weighted by Crippen LogP contribution is -2.18. The standard InChI is InChI=1S/C17H24N2/c1-2-3-4-5-12-18-14-11-16-9-6-8-15-10-7-13-19-17(15)16/h6-10,13,18H,2-5,11-12,14H2,1H3. The van der Waals surface area contributed by atoms with Gasteiger partial charge in [-0.15, -0.1) is 0 Å². The largest absolute Gasteiger partial charge is 0.316 e. The maximum atomic E-state index is 4.49. The molecule has 0 aliphatic heterocycles. The molecule has 0 bridgehead atoms. The van der Waals surface area contributed by atoms with Crippen LogP contribution in [0.4, 0.5) is 0 Å². The summed E-state index contributed by atoms with van der Waals surface area (Å²) in [6.07, 6.45) is 8.24. The quantitative estimate of drug-likeness (QED) is 0.723. The summed E-state index contributed by atoms with van der Waals surface area (Å²) in [4.78, 5) is 4.49. The average Bonchev–Trinajstić information content (AvgIpc) is 2.46. The van der Waals surface area contributed by atoms with Gasteiger partial charge >= 0.3 is 0 Å². The number of hydrogen-bond donors (Lipinski definition) is 1. The van der Waals surface area contributed by atoms with Gasteiger partial charge in [0, 0.05) is 11.6 Å². The maximum absolute atomic E-state index is 4.49. The van der Waals surface area contributed by atoms with Gasteiger partial charge in [-0.25, -0.2) is 0 Å². The number of nitrogens with zero attached hydrogens (tertiary/aromatic N) is 1. The van der Waals surface area contributed by atoms with Gasteiger partial charge in [-0.3, -0.25) is 4.98 Å². The summed E-state index contributed by atoms with van der Waals surface area (Å²) >= 11 is 0. The van der Waals surface area contributed by atoms with E-state index in [2.05, 4.69) is 41.5 Å². The van der Waals surface area contributed by atoms with E-state index in [0.717, 1.165) is 25.0 Å². The van der Waals surface area contributed by atoms with Gasteiger partial charge in [0.1, 0.15) is 0 Å². The van der Waals surface area contributed by atoms with E-state index >= 15 is 0 Å². The van der Waals surface area contributed by atoms with Gasteiger partial charge in [-0.05, 0) is 37.6 Å². The van der Waals surface area contributed by atoms with Gasteiger partial charge in [0.2, 0.25) is 0 Å². The number of pyridine rings is 1. The Morgan fingerprint density at radius 1 is 1.00 bits per heavy atom. The molecule has 0 spiro atoms. The minimum atomic E-state index is 1.04. The molecule has 0 fully saturated rings. The van der Waals surface area contributed by atoms with Crippen LogP contribution in [0.25, 0.3) is 10.9 Å². The molecule has 1 aromatic heterocycles. The molecule has 102 valence electrons. The number of benzene rings is 1. The first kappa shape index (κ1) is 14.0. The molecule has 0 radical (unpaired) electrons. The molecule has 2 nitrogen and oxygen atoms in total. The van der Waals surface area contributed by atoms with Gasteiger partial charge < -0.3 is 5.32 Å². The Morgan fingerprint density at radius 3 is 2.79 bits per heavy atom. The van der Waals surface area contributed by atoms with Gasteiger partial charge in [0.25, 0.3) is 0 Å². The lowest BCUT2D eigenvalue weighted by molar-refractivity contribution is 0.599. The molecule has 19 heavy (non-hydrogen) atoms. The third-order valence-corrected chi connectivity index (χ3v) is 3.49. The van der Waals surface area contributed by atoms with Crippen molar-refractivity contribution in [3.8, 4) is 0 Å². The summed E-state index contributed by atoms with van der Waals surface area (Å²) in [6, 6.07) is 10.6. The Balaban J connectivity index is 1.78. The first-order valence-electron chi connectivity index (χ1n) is 7.45. The summed E-state index contributed by atoms with van der Waals surface area (Å²) in [5.41, 5.74) is 2.50. The predicted octanol–water partition coefficient (Wildman–Crippen LogP) is 3.95. The zero-order valence-electron chi connectivity index (χ0n) is 11.9. The molecule has 2 heteroatoms. The first-order valence-corrected chi connectivity index (χ1v) is 7.45. The van der Waals surface area contributed by atoms with Gasteiger partial charge in [-0.1, -0.05) is 50.5 Å². The average molecular weight is 256 g/mol. The van der Waals surface area contributed by atoms with Gasteiger partial charge in [0.15, 0.2) is 0 Å². The summed E-state index contributed by atoms with van der Waals surface area (Å²) < 4.78 is 0. The van der Waals surface area contributed by atoms with Crippen molar-refractivity contribution in [2.24, 2.45) is 0 Å². The number of aromatic nitrogens is 1. The molecule has 0 atom stereocenters. The van der Waals surface area contributed by atoms with Crippen molar-refractivity contribution >= 4 is 10.9 Å². The number of unbranched alkanes of at least 4 members (excludes halogenated alkanes) is 3. The Labute approximate surface area is 116 Å². The second-order valence-corrected chi connectivity index (χ2v) is 5.05.